The molecule has 2 N–H and O–H groups in total. The molecular weight excluding hydrogens is 278 g/mol. The zero-order valence-electron chi connectivity index (χ0n) is 11.7. The largest absolute Gasteiger partial charge is 0.441 e. The average Bonchev–Trinajstić information content (AvgIpc) is 2.70. The Morgan fingerprint density at radius 1 is 1.35 bits per heavy atom. The Balaban J connectivity index is 0.00000200. The van der Waals surface area contributed by atoms with Gasteiger partial charge in [0.2, 0.25) is 11.8 Å². The van der Waals surface area contributed by atoms with Crippen LogP contribution in [0.3, 0.4) is 0 Å². The van der Waals surface area contributed by atoms with E-state index >= 15 is 0 Å². The van der Waals surface area contributed by atoms with Crippen LogP contribution in [0.1, 0.15) is 11.5 Å². The molecule has 1 aromatic heterocycles. The van der Waals surface area contributed by atoms with Crippen LogP contribution < -0.4 is 10.6 Å². The lowest BCUT2D eigenvalue weighted by Crippen LogP contribution is -2.24. The molecule has 2 aromatic rings. The van der Waals surface area contributed by atoms with E-state index in [0.29, 0.717) is 5.89 Å². The average molecular weight is 296 g/mol. The molecule has 108 valence electrons. The van der Waals surface area contributed by atoms with Crippen LogP contribution in [0.2, 0.25) is 0 Å². The molecule has 0 saturated heterocycles. The van der Waals surface area contributed by atoms with E-state index in [2.05, 4.69) is 15.6 Å². The number of anilines is 1. The molecule has 0 radical (unpaired) electrons. The highest BCUT2D eigenvalue weighted by Crippen LogP contribution is 2.23. The van der Waals surface area contributed by atoms with Gasteiger partial charge in [-0.1, -0.05) is 6.07 Å². The Morgan fingerprint density at radius 2 is 2.10 bits per heavy atom. The van der Waals surface area contributed by atoms with Gasteiger partial charge < -0.3 is 15.1 Å². The molecule has 0 aliphatic carbocycles. The summed E-state index contributed by atoms with van der Waals surface area (Å²) in [5, 5.41) is 5.61. The van der Waals surface area contributed by atoms with E-state index in [1.165, 1.54) is 0 Å². The van der Waals surface area contributed by atoms with E-state index in [1.54, 1.807) is 7.05 Å². The number of nitrogens with one attached hydrogen (secondary N) is 2. The third kappa shape index (κ3) is 3.82. The minimum Gasteiger partial charge on any atom is -0.441 e. The number of aryl methyl sites for hydroxylation is 2. The van der Waals surface area contributed by atoms with Gasteiger partial charge in [-0.2, -0.15) is 0 Å². The van der Waals surface area contributed by atoms with Crippen molar-refractivity contribution in [3.8, 4) is 11.5 Å². The van der Waals surface area contributed by atoms with Gasteiger partial charge >= 0.3 is 0 Å². The summed E-state index contributed by atoms with van der Waals surface area (Å²) < 4.78 is 5.57. The number of hydrogen-bond donors (Lipinski definition) is 2. The van der Waals surface area contributed by atoms with Crippen molar-refractivity contribution in [1.82, 2.24) is 10.3 Å². The van der Waals surface area contributed by atoms with Crippen LogP contribution in [0.5, 0.6) is 0 Å². The minimum absolute atomic E-state index is 0. The monoisotopic (exact) mass is 295 g/mol. The van der Waals surface area contributed by atoms with Crippen LogP contribution >= 0.6 is 12.4 Å². The summed E-state index contributed by atoms with van der Waals surface area (Å²) in [5.74, 6) is 1.29. The number of carbonyl (C=O) groups excluding carboxylic acids is 1. The maximum absolute atomic E-state index is 11.5. The number of carbonyl (C=O) groups is 1. The first kappa shape index (κ1) is 16.2. The number of halogens is 1. The first-order valence-electron chi connectivity index (χ1n) is 6.09. The summed E-state index contributed by atoms with van der Waals surface area (Å²) in [7, 11) is 1.73. The molecule has 1 heterocycles. The Morgan fingerprint density at radius 3 is 2.70 bits per heavy atom. The Labute approximate surface area is 124 Å². The van der Waals surface area contributed by atoms with Crippen LogP contribution in [-0.2, 0) is 4.79 Å². The smallest absolute Gasteiger partial charge is 0.238 e. The van der Waals surface area contributed by atoms with Crippen molar-refractivity contribution in [3.05, 3.63) is 35.7 Å². The molecular formula is C14H18ClN3O2. The zero-order valence-corrected chi connectivity index (χ0v) is 12.5. The maximum Gasteiger partial charge on any atom is 0.238 e. The second-order valence-electron chi connectivity index (χ2n) is 4.32. The molecule has 1 amide bonds. The van der Waals surface area contributed by atoms with Gasteiger partial charge in [0.25, 0.3) is 0 Å². The summed E-state index contributed by atoms with van der Waals surface area (Å²) in [4.78, 5) is 15.9. The van der Waals surface area contributed by atoms with Crippen molar-refractivity contribution in [2.75, 3.05) is 18.9 Å². The summed E-state index contributed by atoms with van der Waals surface area (Å²) >= 11 is 0. The minimum atomic E-state index is -0.0839. The Hall–Kier alpha value is -1.85. The van der Waals surface area contributed by atoms with Crippen molar-refractivity contribution < 1.29 is 9.21 Å². The van der Waals surface area contributed by atoms with E-state index in [0.717, 1.165) is 22.7 Å². The number of oxazole rings is 1. The summed E-state index contributed by atoms with van der Waals surface area (Å²) in [6.45, 7) is 4.06. The molecule has 0 atom stereocenters. The highest BCUT2D eigenvalue weighted by molar-refractivity contribution is 5.92. The summed E-state index contributed by atoms with van der Waals surface area (Å²) in [6.07, 6.45) is 0. The number of nitrogens with zero attached hydrogens (tertiary/aromatic N) is 1. The molecule has 2 rings (SSSR count). The summed E-state index contributed by atoms with van der Waals surface area (Å²) in [6, 6.07) is 7.44. The molecule has 0 bridgehead atoms. The Bertz CT molecular complexity index is 576. The van der Waals surface area contributed by atoms with Gasteiger partial charge in [0, 0.05) is 11.3 Å². The van der Waals surface area contributed by atoms with Crippen molar-refractivity contribution in [2.45, 2.75) is 13.8 Å². The van der Waals surface area contributed by atoms with Gasteiger partial charge in [0.05, 0.1) is 12.2 Å². The lowest BCUT2D eigenvalue weighted by Gasteiger charge is -2.05. The number of hydrogen-bond acceptors (Lipinski definition) is 4. The van der Waals surface area contributed by atoms with Crippen LogP contribution in [0.25, 0.3) is 11.5 Å². The van der Waals surface area contributed by atoms with Crippen LogP contribution in [0.15, 0.2) is 28.7 Å². The first-order valence-corrected chi connectivity index (χ1v) is 6.09. The number of amides is 1. The third-order valence-corrected chi connectivity index (χ3v) is 2.76. The molecule has 0 fully saturated rings. The molecule has 0 unspecified atom stereocenters. The van der Waals surface area contributed by atoms with Gasteiger partial charge in [0.1, 0.15) is 5.76 Å². The second-order valence-corrected chi connectivity index (χ2v) is 4.32. The normalized spacial score (nSPS) is 9.95. The lowest BCUT2D eigenvalue weighted by atomic mass is 10.2. The predicted molar refractivity (Wildman–Crippen MR) is 81.2 cm³/mol. The lowest BCUT2D eigenvalue weighted by molar-refractivity contribution is -0.115. The topological polar surface area (TPSA) is 67.2 Å². The zero-order chi connectivity index (χ0) is 13.8. The number of benzene rings is 1. The summed E-state index contributed by atoms with van der Waals surface area (Å²) in [5.41, 5.74) is 2.45. The molecule has 0 aliphatic rings. The fourth-order valence-corrected chi connectivity index (χ4v) is 1.69. The van der Waals surface area contributed by atoms with Gasteiger partial charge in [-0.15, -0.1) is 12.4 Å². The van der Waals surface area contributed by atoms with Gasteiger partial charge in [-0.05, 0) is 39.1 Å². The van der Waals surface area contributed by atoms with Crippen molar-refractivity contribution in [1.29, 1.82) is 0 Å². The van der Waals surface area contributed by atoms with Crippen LogP contribution in [0.4, 0.5) is 5.69 Å². The van der Waals surface area contributed by atoms with Crippen LogP contribution in [0, 0.1) is 13.8 Å². The molecule has 1 aromatic carbocycles. The third-order valence-electron chi connectivity index (χ3n) is 2.76. The standard InChI is InChI=1S/C14H17N3O2.ClH/c1-9-10(2)19-14(16-9)11-5-4-6-12(7-11)17-13(18)8-15-3;/h4-7,15H,8H2,1-3H3,(H,17,18);1H. The van der Waals surface area contributed by atoms with E-state index in [-0.39, 0.29) is 24.9 Å². The second kappa shape index (κ2) is 7.07. The quantitative estimate of drug-likeness (QED) is 0.909. The fourth-order valence-electron chi connectivity index (χ4n) is 1.69. The molecule has 0 saturated carbocycles. The maximum atomic E-state index is 11.5. The van der Waals surface area contributed by atoms with Crippen molar-refractivity contribution >= 4 is 24.0 Å². The van der Waals surface area contributed by atoms with Crippen molar-refractivity contribution in [2.24, 2.45) is 0 Å². The number of aromatic nitrogens is 1. The molecule has 0 spiro atoms. The molecule has 5 nitrogen and oxygen atoms in total. The van der Waals surface area contributed by atoms with Gasteiger partial charge in [-0.3, -0.25) is 4.79 Å². The highest BCUT2D eigenvalue weighted by atomic mass is 35.5. The first-order chi connectivity index (χ1) is 9.10. The van der Waals surface area contributed by atoms with Crippen molar-refractivity contribution in [3.63, 3.8) is 0 Å². The van der Waals surface area contributed by atoms with Crippen LogP contribution in [-0.4, -0.2) is 24.5 Å². The van der Waals surface area contributed by atoms with E-state index in [1.807, 2.05) is 38.1 Å². The highest BCUT2D eigenvalue weighted by Gasteiger charge is 2.09. The van der Waals surface area contributed by atoms with E-state index in [9.17, 15) is 4.79 Å². The van der Waals surface area contributed by atoms with Gasteiger partial charge in [-0.25, -0.2) is 4.98 Å². The van der Waals surface area contributed by atoms with Gasteiger partial charge in [0.15, 0.2) is 0 Å². The van der Waals surface area contributed by atoms with E-state index < -0.39 is 0 Å². The predicted octanol–water partition coefficient (Wildman–Crippen LogP) is 2.54. The number of rotatable bonds is 4. The number of likely N-dealkylation sites (N-methyl/N-ethyl adjacent to an activating group) is 1. The Kier molecular flexibility index (Phi) is 5.73. The molecule has 6 heteroatoms. The fraction of sp³-hybridized carbons (Fsp3) is 0.286. The molecule has 0 aliphatic heterocycles. The molecule has 20 heavy (non-hydrogen) atoms. The van der Waals surface area contributed by atoms with E-state index in [4.69, 9.17) is 4.42 Å². The SMILES string of the molecule is CNCC(=O)Nc1cccc(-c2nc(C)c(C)o2)c1.Cl.